The SMILES string of the molecule is CN(C)C=O.COc1ccc(OC)c(Br)c1. The molecule has 0 saturated carbocycles. The van der Waals surface area contributed by atoms with Crippen LogP contribution in [0.3, 0.4) is 0 Å². The predicted molar refractivity (Wildman–Crippen MR) is 67.0 cm³/mol. The van der Waals surface area contributed by atoms with Crippen LogP contribution in [0, 0.1) is 0 Å². The first-order chi connectivity index (χ1) is 7.54. The van der Waals surface area contributed by atoms with E-state index in [0.717, 1.165) is 22.4 Å². The van der Waals surface area contributed by atoms with Crippen molar-refractivity contribution in [3.63, 3.8) is 0 Å². The van der Waals surface area contributed by atoms with Gasteiger partial charge in [-0.05, 0) is 34.1 Å². The minimum absolute atomic E-state index is 0.750. The van der Waals surface area contributed by atoms with E-state index < -0.39 is 0 Å². The van der Waals surface area contributed by atoms with Gasteiger partial charge in [0.15, 0.2) is 0 Å². The van der Waals surface area contributed by atoms with E-state index in [1.54, 1.807) is 28.3 Å². The molecule has 90 valence electrons. The van der Waals surface area contributed by atoms with Gasteiger partial charge >= 0.3 is 0 Å². The summed E-state index contributed by atoms with van der Waals surface area (Å²) in [4.78, 5) is 10.9. The van der Waals surface area contributed by atoms with Crippen molar-refractivity contribution in [1.82, 2.24) is 4.90 Å². The van der Waals surface area contributed by atoms with Crippen molar-refractivity contribution in [3.8, 4) is 11.5 Å². The van der Waals surface area contributed by atoms with Gasteiger partial charge in [-0.3, -0.25) is 4.79 Å². The molecular formula is C11H16BrNO3. The summed E-state index contributed by atoms with van der Waals surface area (Å²) in [5.41, 5.74) is 0. The molecule has 0 atom stereocenters. The lowest BCUT2D eigenvalue weighted by Crippen LogP contribution is -2.06. The number of amides is 1. The van der Waals surface area contributed by atoms with E-state index in [0.29, 0.717) is 0 Å². The maximum atomic E-state index is 9.43. The minimum atomic E-state index is 0.750. The van der Waals surface area contributed by atoms with E-state index in [1.165, 1.54) is 4.90 Å². The summed E-state index contributed by atoms with van der Waals surface area (Å²) >= 11 is 3.34. The molecule has 5 heteroatoms. The van der Waals surface area contributed by atoms with Crippen LogP contribution in [-0.2, 0) is 4.79 Å². The van der Waals surface area contributed by atoms with Crippen molar-refractivity contribution >= 4 is 22.3 Å². The summed E-state index contributed by atoms with van der Waals surface area (Å²) in [6.45, 7) is 0. The number of carbonyl (C=O) groups excluding carboxylic acids is 1. The highest BCUT2D eigenvalue weighted by atomic mass is 79.9. The molecule has 0 spiro atoms. The summed E-state index contributed by atoms with van der Waals surface area (Å²) in [5, 5.41) is 0. The molecule has 0 radical (unpaired) electrons. The van der Waals surface area contributed by atoms with Gasteiger partial charge in [0, 0.05) is 14.1 Å². The Morgan fingerprint density at radius 3 is 2.12 bits per heavy atom. The van der Waals surface area contributed by atoms with Crippen LogP contribution in [0.1, 0.15) is 0 Å². The van der Waals surface area contributed by atoms with Gasteiger partial charge in [-0.25, -0.2) is 0 Å². The zero-order valence-electron chi connectivity index (χ0n) is 9.86. The zero-order valence-corrected chi connectivity index (χ0v) is 11.4. The smallest absolute Gasteiger partial charge is 0.209 e. The molecule has 0 fully saturated rings. The van der Waals surface area contributed by atoms with Crippen molar-refractivity contribution in [2.75, 3.05) is 28.3 Å². The molecule has 1 aromatic carbocycles. The molecule has 1 amide bonds. The molecular weight excluding hydrogens is 274 g/mol. The molecule has 1 aromatic rings. The van der Waals surface area contributed by atoms with Gasteiger partial charge in [0.2, 0.25) is 6.41 Å². The van der Waals surface area contributed by atoms with E-state index in [1.807, 2.05) is 18.2 Å². The highest BCUT2D eigenvalue weighted by molar-refractivity contribution is 9.10. The molecule has 0 N–H and O–H groups in total. The monoisotopic (exact) mass is 289 g/mol. The second-order valence-electron chi connectivity index (χ2n) is 3.07. The fourth-order valence-corrected chi connectivity index (χ4v) is 1.29. The number of halogens is 1. The largest absolute Gasteiger partial charge is 0.497 e. The fourth-order valence-electron chi connectivity index (χ4n) is 0.774. The van der Waals surface area contributed by atoms with Crippen LogP contribution in [0.15, 0.2) is 22.7 Å². The van der Waals surface area contributed by atoms with Gasteiger partial charge in [0.25, 0.3) is 0 Å². The van der Waals surface area contributed by atoms with E-state index in [2.05, 4.69) is 15.9 Å². The number of methoxy groups -OCH3 is 2. The number of hydrogen-bond acceptors (Lipinski definition) is 3. The normalized spacial score (nSPS) is 8.56. The Kier molecular flexibility index (Phi) is 7.37. The highest BCUT2D eigenvalue weighted by Crippen LogP contribution is 2.28. The van der Waals surface area contributed by atoms with Crippen molar-refractivity contribution in [1.29, 1.82) is 0 Å². The summed E-state index contributed by atoms with van der Waals surface area (Å²) in [5.74, 6) is 1.63. The van der Waals surface area contributed by atoms with E-state index >= 15 is 0 Å². The van der Waals surface area contributed by atoms with Crippen LogP contribution < -0.4 is 9.47 Å². The number of carbonyl (C=O) groups is 1. The summed E-state index contributed by atoms with van der Waals surface area (Å²) in [6.07, 6.45) is 0.750. The Morgan fingerprint density at radius 1 is 1.25 bits per heavy atom. The predicted octanol–water partition coefficient (Wildman–Crippen LogP) is 2.17. The van der Waals surface area contributed by atoms with Gasteiger partial charge in [-0.15, -0.1) is 0 Å². The minimum Gasteiger partial charge on any atom is -0.497 e. The second-order valence-corrected chi connectivity index (χ2v) is 3.92. The van der Waals surface area contributed by atoms with Gasteiger partial charge in [0.1, 0.15) is 11.5 Å². The maximum absolute atomic E-state index is 9.43. The second kappa shape index (κ2) is 7.98. The Bertz CT molecular complexity index is 329. The topological polar surface area (TPSA) is 38.8 Å². The third kappa shape index (κ3) is 5.60. The molecule has 0 aliphatic carbocycles. The summed E-state index contributed by atoms with van der Waals surface area (Å²) in [7, 11) is 6.64. The van der Waals surface area contributed by atoms with Crippen molar-refractivity contribution in [3.05, 3.63) is 22.7 Å². The number of ether oxygens (including phenoxy) is 2. The molecule has 0 aromatic heterocycles. The molecule has 0 aliphatic heterocycles. The third-order valence-electron chi connectivity index (χ3n) is 1.57. The van der Waals surface area contributed by atoms with E-state index in [4.69, 9.17) is 9.47 Å². The standard InChI is InChI=1S/C8H9BrO2.C3H7NO/c1-10-6-3-4-8(11-2)7(9)5-6;1-4(2)3-5/h3-5H,1-2H3;3H,1-2H3. The quantitative estimate of drug-likeness (QED) is 0.801. The summed E-state index contributed by atoms with van der Waals surface area (Å²) in [6, 6.07) is 5.56. The van der Waals surface area contributed by atoms with Crippen LogP contribution in [0.4, 0.5) is 0 Å². The summed E-state index contributed by atoms with van der Waals surface area (Å²) < 4.78 is 11.0. The van der Waals surface area contributed by atoms with E-state index in [9.17, 15) is 4.79 Å². The molecule has 0 bridgehead atoms. The first-order valence-corrected chi connectivity index (χ1v) is 5.33. The number of hydrogen-bond donors (Lipinski definition) is 0. The Hall–Kier alpha value is -1.23. The van der Waals surface area contributed by atoms with Gasteiger partial charge < -0.3 is 14.4 Å². The molecule has 0 unspecified atom stereocenters. The number of rotatable bonds is 3. The van der Waals surface area contributed by atoms with Gasteiger partial charge in [-0.2, -0.15) is 0 Å². The first-order valence-electron chi connectivity index (χ1n) is 4.54. The van der Waals surface area contributed by atoms with Crippen molar-refractivity contribution in [2.45, 2.75) is 0 Å². The number of benzene rings is 1. The molecule has 4 nitrogen and oxygen atoms in total. The lowest BCUT2D eigenvalue weighted by Gasteiger charge is -2.04. The molecule has 16 heavy (non-hydrogen) atoms. The average molecular weight is 290 g/mol. The van der Waals surface area contributed by atoms with Crippen LogP contribution in [0.5, 0.6) is 11.5 Å². The van der Waals surface area contributed by atoms with Crippen LogP contribution >= 0.6 is 15.9 Å². The Morgan fingerprint density at radius 2 is 1.81 bits per heavy atom. The Labute approximate surface area is 104 Å². The van der Waals surface area contributed by atoms with Crippen LogP contribution in [-0.4, -0.2) is 39.6 Å². The average Bonchev–Trinajstić information content (AvgIpc) is 2.29. The first kappa shape index (κ1) is 14.8. The zero-order chi connectivity index (χ0) is 12.6. The molecule has 0 heterocycles. The highest BCUT2D eigenvalue weighted by Gasteiger charge is 1.99. The maximum Gasteiger partial charge on any atom is 0.209 e. The van der Waals surface area contributed by atoms with Crippen LogP contribution in [0.25, 0.3) is 0 Å². The molecule has 0 aliphatic rings. The van der Waals surface area contributed by atoms with Crippen molar-refractivity contribution < 1.29 is 14.3 Å². The third-order valence-corrected chi connectivity index (χ3v) is 2.19. The van der Waals surface area contributed by atoms with Crippen molar-refractivity contribution in [2.24, 2.45) is 0 Å². The number of nitrogens with zero attached hydrogens (tertiary/aromatic N) is 1. The lowest BCUT2D eigenvalue weighted by atomic mass is 10.3. The van der Waals surface area contributed by atoms with E-state index in [-0.39, 0.29) is 0 Å². The van der Waals surface area contributed by atoms with Crippen LogP contribution in [0.2, 0.25) is 0 Å². The lowest BCUT2D eigenvalue weighted by molar-refractivity contribution is -0.115. The van der Waals surface area contributed by atoms with Gasteiger partial charge in [0.05, 0.1) is 18.7 Å². The molecule has 0 saturated heterocycles. The Balaban J connectivity index is 0.000000385. The fraction of sp³-hybridized carbons (Fsp3) is 0.364. The molecule has 1 rings (SSSR count). The van der Waals surface area contributed by atoms with Gasteiger partial charge in [-0.1, -0.05) is 0 Å².